The zero-order chi connectivity index (χ0) is 12.1. The topological polar surface area (TPSA) is 19.9 Å². The number of benzene rings is 2. The highest BCUT2D eigenvalue weighted by Gasteiger charge is 1.98. The van der Waals surface area contributed by atoms with Crippen molar-refractivity contribution in [2.75, 3.05) is 6.61 Å². The second-order valence-corrected chi connectivity index (χ2v) is 4.78. The molecule has 0 aromatic heterocycles. The van der Waals surface area contributed by atoms with Crippen molar-refractivity contribution < 1.29 is 5.11 Å². The second-order valence-electron chi connectivity index (χ2n) is 4.34. The summed E-state index contributed by atoms with van der Waals surface area (Å²) in [5.41, 5.74) is 1.34. The molecule has 0 heterocycles. The predicted molar refractivity (Wildman–Crippen MR) is 72.1 cm³/mol. The smallest absolute Gasteiger partial charge is 0.0822 e. The molecule has 0 amide bonds. The highest BCUT2D eigenvalue weighted by molar-refractivity contribution is 6.31. The summed E-state index contributed by atoms with van der Waals surface area (Å²) in [5, 5.41) is 13.5. The van der Waals surface area contributed by atoms with E-state index in [0.29, 0.717) is 0 Å². The first-order valence-corrected chi connectivity index (χ1v) is 6.44. The Morgan fingerprint density at radius 1 is 0.882 bits per heavy atom. The van der Waals surface area contributed by atoms with Crippen LogP contribution in [0.1, 0.15) is 24.8 Å². The minimum Gasteiger partial charge on any atom is -0.237 e. The van der Waals surface area contributed by atoms with Crippen LogP contribution in [-0.4, -0.2) is 6.61 Å². The van der Waals surface area contributed by atoms with Gasteiger partial charge in [-0.1, -0.05) is 42.3 Å². The molecular formula is C15H16ClO. The molecule has 0 aliphatic heterocycles. The number of hydrogen-bond donors (Lipinski definition) is 0. The molecule has 0 bridgehead atoms. The van der Waals surface area contributed by atoms with Gasteiger partial charge in [-0.3, -0.25) is 0 Å². The third-order valence-corrected chi connectivity index (χ3v) is 3.21. The molecule has 2 rings (SSSR count). The van der Waals surface area contributed by atoms with Crippen LogP contribution in [0.4, 0.5) is 0 Å². The number of aryl methyl sites for hydroxylation is 1. The van der Waals surface area contributed by atoms with E-state index in [9.17, 15) is 5.11 Å². The Morgan fingerprint density at radius 2 is 1.65 bits per heavy atom. The minimum absolute atomic E-state index is 0.0518. The standard InChI is InChI=1S/C15H16ClO/c16-15-8-7-13-10-12(4-2-1-3-9-17)5-6-14(13)11-15/h5-8,10-11H,1-4,9H2. The molecule has 0 aliphatic carbocycles. The van der Waals surface area contributed by atoms with E-state index in [1.165, 1.54) is 16.3 Å². The Labute approximate surface area is 107 Å². The Morgan fingerprint density at radius 3 is 2.47 bits per heavy atom. The van der Waals surface area contributed by atoms with Crippen LogP contribution in [0, 0.1) is 0 Å². The molecule has 89 valence electrons. The maximum Gasteiger partial charge on any atom is 0.0822 e. The van der Waals surface area contributed by atoms with Crippen molar-refractivity contribution in [2.24, 2.45) is 0 Å². The maximum absolute atomic E-state index is 10.3. The minimum atomic E-state index is 0.0518. The van der Waals surface area contributed by atoms with E-state index < -0.39 is 0 Å². The van der Waals surface area contributed by atoms with Gasteiger partial charge in [0.1, 0.15) is 0 Å². The quantitative estimate of drug-likeness (QED) is 0.686. The highest BCUT2D eigenvalue weighted by atomic mass is 35.5. The lowest BCUT2D eigenvalue weighted by Crippen LogP contribution is -1.88. The average molecular weight is 248 g/mol. The molecule has 1 nitrogen and oxygen atoms in total. The van der Waals surface area contributed by atoms with Crippen LogP contribution in [0.2, 0.25) is 5.02 Å². The van der Waals surface area contributed by atoms with E-state index >= 15 is 0 Å². The van der Waals surface area contributed by atoms with Crippen molar-refractivity contribution in [3.8, 4) is 0 Å². The number of unbranched alkanes of at least 4 members (excludes halogenated alkanes) is 2. The first kappa shape index (κ1) is 12.4. The van der Waals surface area contributed by atoms with E-state index in [1.54, 1.807) is 0 Å². The number of hydrogen-bond acceptors (Lipinski definition) is 0. The molecular weight excluding hydrogens is 232 g/mol. The fourth-order valence-electron chi connectivity index (χ4n) is 2.03. The Kier molecular flexibility index (Phi) is 4.41. The van der Waals surface area contributed by atoms with Crippen LogP contribution in [-0.2, 0) is 11.5 Å². The first-order chi connectivity index (χ1) is 8.29. The van der Waals surface area contributed by atoms with E-state index in [0.717, 1.165) is 30.7 Å². The third-order valence-electron chi connectivity index (χ3n) is 2.98. The van der Waals surface area contributed by atoms with Crippen LogP contribution in [0.5, 0.6) is 0 Å². The lowest BCUT2D eigenvalue weighted by molar-refractivity contribution is 0.186. The molecule has 2 heteroatoms. The molecule has 2 aromatic rings. The molecule has 0 fully saturated rings. The van der Waals surface area contributed by atoms with E-state index in [-0.39, 0.29) is 6.61 Å². The van der Waals surface area contributed by atoms with Crippen LogP contribution in [0.25, 0.3) is 10.8 Å². The molecule has 0 atom stereocenters. The summed E-state index contributed by atoms with van der Waals surface area (Å²) in [7, 11) is 0. The summed E-state index contributed by atoms with van der Waals surface area (Å²) < 4.78 is 0. The highest BCUT2D eigenvalue weighted by Crippen LogP contribution is 2.21. The van der Waals surface area contributed by atoms with Gasteiger partial charge in [0, 0.05) is 5.02 Å². The molecule has 2 aromatic carbocycles. The average Bonchev–Trinajstić information content (AvgIpc) is 2.35. The Hall–Kier alpha value is -1.05. The van der Waals surface area contributed by atoms with Crippen molar-refractivity contribution in [1.29, 1.82) is 0 Å². The van der Waals surface area contributed by atoms with Crippen molar-refractivity contribution in [2.45, 2.75) is 25.7 Å². The van der Waals surface area contributed by atoms with Crippen LogP contribution >= 0.6 is 11.6 Å². The Bertz CT molecular complexity index is 493. The van der Waals surface area contributed by atoms with Crippen LogP contribution < -0.4 is 0 Å². The lowest BCUT2D eigenvalue weighted by Gasteiger charge is -2.04. The molecule has 0 aliphatic rings. The molecule has 0 spiro atoms. The number of rotatable bonds is 5. The molecule has 0 N–H and O–H groups in total. The van der Waals surface area contributed by atoms with E-state index in [4.69, 9.17) is 11.6 Å². The summed E-state index contributed by atoms with van der Waals surface area (Å²) in [6, 6.07) is 12.4. The van der Waals surface area contributed by atoms with Crippen LogP contribution in [0.15, 0.2) is 36.4 Å². The van der Waals surface area contributed by atoms with Gasteiger partial charge in [-0.15, -0.1) is 0 Å². The molecule has 0 saturated heterocycles. The molecule has 0 unspecified atom stereocenters. The lowest BCUT2D eigenvalue weighted by atomic mass is 10.0. The van der Waals surface area contributed by atoms with Gasteiger partial charge in [0.15, 0.2) is 0 Å². The maximum atomic E-state index is 10.3. The normalized spacial score (nSPS) is 10.9. The van der Waals surface area contributed by atoms with Crippen molar-refractivity contribution in [3.05, 3.63) is 47.0 Å². The van der Waals surface area contributed by atoms with Gasteiger partial charge in [0.2, 0.25) is 0 Å². The number of fused-ring (bicyclic) bond motifs is 1. The SMILES string of the molecule is [O]CCCCCc1ccc2cc(Cl)ccc2c1. The second kappa shape index (κ2) is 6.04. The van der Waals surface area contributed by atoms with Gasteiger partial charge >= 0.3 is 0 Å². The molecule has 0 saturated carbocycles. The van der Waals surface area contributed by atoms with Gasteiger partial charge in [0.25, 0.3) is 0 Å². The van der Waals surface area contributed by atoms with Gasteiger partial charge < -0.3 is 0 Å². The van der Waals surface area contributed by atoms with Crippen molar-refractivity contribution in [1.82, 2.24) is 0 Å². The third kappa shape index (κ3) is 3.45. The fraction of sp³-hybridized carbons (Fsp3) is 0.333. The van der Waals surface area contributed by atoms with Crippen molar-refractivity contribution in [3.63, 3.8) is 0 Å². The summed E-state index contributed by atoms with van der Waals surface area (Å²) in [5.74, 6) is 0. The van der Waals surface area contributed by atoms with Gasteiger partial charge in [0.05, 0.1) is 6.61 Å². The Balaban J connectivity index is 2.07. The van der Waals surface area contributed by atoms with Gasteiger partial charge in [-0.25, -0.2) is 5.11 Å². The molecule has 17 heavy (non-hydrogen) atoms. The first-order valence-electron chi connectivity index (χ1n) is 6.06. The van der Waals surface area contributed by atoms with Crippen molar-refractivity contribution >= 4 is 22.4 Å². The van der Waals surface area contributed by atoms with E-state index in [1.807, 2.05) is 12.1 Å². The summed E-state index contributed by atoms with van der Waals surface area (Å²) >= 11 is 5.95. The zero-order valence-electron chi connectivity index (χ0n) is 9.79. The predicted octanol–water partition coefficient (Wildman–Crippen LogP) is 4.64. The molecule has 1 radical (unpaired) electrons. The van der Waals surface area contributed by atoms with Gasteiger partial charge in [-0.2, -0.15) is 0 Å². The van der Waals surface area contributed by atoms with E-state index in [2.05, 4.69) is 24.3 Å². The zero-order valence-corrected chi connectivity index (χ0v) is 10.5. The van der Waals surface area contributed by atoms with Crippen LogP contribution in [0.3, 0.4) is 0 Å². The summed E-state index contributed by atoms with van der Waals surface area (Å²) in [4.78, 5) is 0. The summed E-state index contributed by atoms with van der Waals surface area (Å²) in [6.45, 7) is 0.0518. The summed E-state index contributed by atoms with van der Waals surface area (Å²) in [6.07, 6.45) is 3.98. The fourth-order valence-corrected chi connectivity index (χ4v) is 2.21. The van der Waals surface area contributed by atoms with Gasteiger partial charge in [-0.05, 0) is 47.7 Å². The number of halogens is 1. The monoisotopic (exact) mass is 247 g/mol. The largest absolute Gasteiger partial charge is 0.237 e.